The summed E-state index contributed by atoms with van der Waals surface area (Å²) in [7, 11) is 0. The molecule has 0 aliphatic heterocycles. The van der Waals surface area contributed by atoms with Gasteiger partial charge in [-0.2, -0.15) is 0 Å². The first-order valence-corrected chi connectivity index (χ1v) is 8.84. The van der Waals surface area contributed by atoms with Crippen molar-refractivity contribution in [1.29, 1.82) is 0 Å². The second kappa shape index (κ2) is 9.16. The first-order chi connectivity index (χ1) is 14.5. The molecule has 0 aliphatic rings. The number of rotatable bonds is 7. The maximum atomic E-state index is 13.0. The van der Waals surface area contributed by atoms with Crippen molar-refractivity contribution < 1.29 is 19.2 Å². The third-order valence-corrected chi connectivity index (χ3v) is 4.04. The van der Waals surface area contributed by atoms with E-state index in [9.17, 15) is 19.7 Å². The van der Waals surface area contributed by atoms with Crippen molar-refractivity contribution in [2.24, 2.45) is 5.73 Å². The number of ketones is 1. The van der Waals surface area contributed by atoms with Crippen molar-refractivity contribution >= 4 is 23.1 Å². The van der Waals surface area contributed by atoms with E-state index in [-0.39, 0.29) is 11.3 Å². The highest BCUT2D eigenvalue weighted by molar-refractivity contribution is 6.29. The summed E-state index contributed by atoms with van der Waals surface area (Å²) < 4.78 is 5.51. The standard InChI is InChI=1S/C22H17N3O5/c23-21(30-18-9-5-2-6-10-18)19(22(27)24-16-7-3-1-4-8-16)20(26)15-11-13-17(14-12-15)25(28)29/h1-14H,23H2,(H,24,27)/b21-19+. The number of hydrogen-bond acceptors (Lipinski definition) is 6. The molecule has 0 heterocycles. The molecule has 3 N–H and O–H groups in total. The fraction of sp³-hybridized carbons (Fsp3) is 0. The highest BCUT2D eigenvalue weighted by Crippen LogP contribution is 2.20. The number of nitrogens with one attached hydrogen (secondary N) is 1. The van der Waals surface area contributed by atoms with Crippen molar-refractivity contribution in [3.05, 3.63) is 112 Å². The summed E-state index contributed by atoms with van der Waals surface area (Å²) in [4.78, 5) is 36.2. The number of nitro groups is 1. The minimum atomic E-state index is -0.766. The summed E-state index contributed by atoms with van der Waals surface area (Å²) in [5.41, 5.74) is 5.90. The zero-order valence-electron chi connectivity index (χ0n) is 15.6. The van der Waals surface area contributed by atoms with E-state index in [4.69, 9.17) is 10.5 Å². The molecule has 0 fully saturated rings. The predicted molar refractivity (Wildman–Crippen MR) is 111 cm³/mol. The van der Waals surface area contributed by atoms with Crippen LogP contribution in [0.5, 0.6) is 5.75 Å². The lowest BCUT2D eigenvalue weighted by molar-refractivity contribution is -0.384. The van der Waals surface area contributed by atoms with E-state index in [1.807, 2.05) is 0 Å². The van der Waals surface area contributed by atoms with Crippen LogP contribution in [0.2, 0.25) is 0 Å². The number of ether oxygens (including phenoxy) is 1. The molecule has 0 atom stereocenters. The quantitative estimate of drug-likeness (QED) is 0.118. The average Bonchev–Trinajstić information content (AvgIpc) is 2.75. The largest absolute Gasteiger partial charge is 0.441 e. The van der Waals surface area contributed by atoms with Gasteiger partial charge in [-0.15, -0.1) is 0 Å². The lowest BCUT2D eigenvalue weighted by Crippen LogP contribution is -2.27. The van der Waals surface area contributed by atoms with E-state index in [1.54, 1.807) is 60.7 Å². The second-order valence-electron chi connectivity index (χ2n) is 6.11. The first kappa shape index (κ1) is 20.3. The number of carbonyl (C=O) groups excluding carboxylic acids is 2. The molecule has 150 valence electrons. The van der Waals surface area contributed by atoms with Crippen molar-refractivity contribution in [3.8, 4) is 5.75 Å². The molecule has 0 bridgehead atoms. The number of non-ortho nitro benzene ring substituents is 1. The molecule has 0 aliphatic carbocycles. The summed E-state index contributed by atoms with van der Waals surface area (Å²) in [5, 5.41) is 13.4. The van der Waals surface area contributed by atoms with Gasteiger partial charge in [0.05, 0.1) is 4.92 Å². The van der Waals surface area contributed by atoms with Gasteiger partial charge in [0.1, 0.15) is 11.3 Å². The van der Waals surface area contributed by atoms with Crippen LogP contribution >= 0.6 is 0 Å². The number of nitro benzene ring substituents is 1. The summed E-state index contributed by atoms with van der Waals surface area (Å²) in [6.07, 6.45) is 0. The number of para-hydroxylation sites is 2. The number of amides is 1. The molecule has 0 aromatic heterocycles. The topological polar surface area (TPSA) is 125 Å². The van der Waals surface area contributed by atoms with Crippen LogP contribution in [0.25, 0.3) is 0 Å². The van der Waals surface area contributed by atoms with Crippen molar-refractivity contribution in [2.75, 3.05) is 5.32 Å². The molecular formula is C22H17N3O5. The Morgan fingerprint density at radius 1 is 0.867 bits per heavy atom. The zero-order chi connectivity index (χ0) is 21.5. The Morgan fingerprint density at radius 2 is 1.43 bits per heavy atom. The van der Waals surface area contributed by atoms with E-state index < -0.39 is 28.1 Å². The molecule has 0 spiro atoms. The number of Topliss-reactive ketones (excluding diaryl/α,β-unsaturated/α-hetero) is 1. The maximum absolute atomic E-state index is 13.0. The third-order valence-electron chi connectivity index (χ3n) is 4.04. The van der Waals surface area contributed by atoms with Crippen LogP contribution in [0.15, 0.2) is 96.4 Å². The molecular weight excluding hydrogens is 386 g/mol. The monoisotopic (exact) mass is 403 g/mol. The maximum Gasteiger partial charge on any atom is 0.269 e. The Balaban J connectivity index is 1.97. The van der Waals surface area contributed by atoms with E-state index >= 15 is 0 Å². The molecule has 8 nitrogen and oxygen atoms in total. The molecule has 0 unspecified atom stereocenters. The lowest BCUT2D eigenvalue weighted by atomic mass is 10.0. The second-order valence-corrected chi connectivity index (χ2v) is 6.11. The first-order valence-electron chi connectivity index (χ1n) is 8.84. The summed E-state index contributed by atoms with van der Waals surface area (Å²) in [5.74, 6) is -1.54. The number of nitrogens with zero attached hydrogens (tertiary/aromatic N) is 1. The van der Waals surface area contributed by atoms with E-state index in [2.05, 4.69) is 5.32 Å². The summed E-state index contributed by atoms with van der Waals surface area (Å²) in [6, 6.07) is 21.8. The Labute approximate surface area is 171 Å². The van der Waals surface area contributed by atoms with Gasteiger partial charge in [-0.1, -0.05) is 36.4 Å². The number of carbonyl (C=O) groups is 2. The number of nitrogens with two attached hydrogens (primary N) is 1. The van der Waals surface area contributed by atoms with Gasteiger partial charge in [-0.3, -0.25) is 19.7 Å². The zero-order valence-corrected chi connectivity index (χ0v) is 15.6. The van der Waals surface area contributed by atoms with Gasteiger partial charge in [-0.25, -0.2) is 0 Å². The fourth-order valence-corrected chi connectivity index (χ4v) is 2.59. The molecule has 3 aromatic carbocycles. The predicted octanol–water partition coefficient (Wildman–Crippen LogP) is 3.67. The van der Waals surface area contributed by atoms with Gasteiger partial charge in [0.15, 0.2) is 0 Å². The number of hydrogen-bond donors (Lipinski definition) is 2. The van der Waals surface area contributed by atoms with Crippen LogP contribution in [-0.2, 0) is 4.79 Å². The molecule has 0 radical (unpaired) electrons. The molecule has 0 saturated carbocycles. The van der Waals surface area contributed by atoms with Crippen LogP contribution in [-0.4, -0.2) is 16.6 Å². The number of anilines is 1. The van der Waals surface area contributed by atoms with Gasteiger partial charge in [0.25, 0.3) is 11.6 Å². The van der Waals surface area contributed by atoms with Crippen molar-refractivity contribution in [3.63, 3.8) is 0 Å². The lowest BCUT2D eigenvalue weighted by Gasteiger charge is -2.13. The Bertz CT molecular complexity index is 1090. The van der Waals surface area contributed by atoms with E-state index in [1.165, 1.54) is 24.3 Å². The van der Waals surface area contributed by atoms with Crippen molar-refractivity contribution in [2.45, 2.75) is 0 Å². The normalized spacial score (nSPS) is 11.2. The molecule has 8 heteroatoms. The highest BCUT2D eigenvalue weighted by Gasteiger charge is 2.26. The van der Waals surface area contributed by atoms with E-state index in [0.29, 0.717) is 11.4 Å². The van der Waals surface area contributed by atoms with Crippen LogP contribution in [0.3, 0.4) is 0 Å². The van der Waals surface area contributed by atoms with Crippen LogP contribution < -0.4 is 15.8 Å². The van der Waals surface area contributed by atoms with Crippen molar-refractivity contribution in [1.82, 2.24) is 0 Å². The Hall–Kier alpha value is -4.46. The minimum absolute atomic E-state index is 0.0541. The van der Waals surface area contributed by atoms with Crippen LogP contribution in [0, 0.1) is 10.1 Å². The SMILES string of the molecule is N/C(Oc1ccccc1)=C(\C(=O)Nc1ccccc1)C(=O)c1ccc([N+](=O)[O-])cc1. The number of benzene rings is 3. The fourth-order valence-electron chi connectivity index (χ4n) is 2.59. The van der Waals surface area contributed by atoms with Crippen LogP contribution in [0.1, 0.15) is 10.4 Å². The highest BCUT2D eigenvalue weighted by atomic mass is 16.6. The van der Waals surface area contributed by atoms with Crippen LogP contribution in [0.4, 0.5) is 11.4 Å². The molecule has 0 saturated heterocycles. The molecule has 3 rings (SSSR count). The van der Waals surface area contributed by atoms with Gasteiger partial charge < -0.3 is 15.8 Å². The van der Waals surface area contributed by atoms with Gasteiger partial charge >= 0.3 is 0 Å². The van der Waals surface area contributed by atoms with Gasteiger partial charge in [0.2, 0.25) is 11.7 Å². The molecule has 3 aromatic rings. The molecule has 1 amide bonds. The van der Waals surface area contributed by atoms with Gasteiger partial charge in [-0.05, 0) is 36.4 Å². The van der Waals surface area contributed by atoms with Gasteiger partial charge in [0, 0.05) is 23.4 Å². The average molecular weight is 403 g/mol. The Morgan fingerprint density at radius 3 is 2.00 bits per heavy atom. The molecule has 30 heavy (non-hydrogen) atoms. The third kappa shape index (κ3) is 4.87. The minimum Gasteiger partial charge on any atom is -0.441 e. The summed E-state index contributed by atoms with van der Waals surface area (Å²) >= 11 is 0. The van der Waals surface area contributed by atoms with E-state index in [0.717, 1.165) is 0 Å². The smallest absolute Gasteiger partial charge is 0.269 e. The summed E-state index contributed by atoms with van der Waals surface area (Å²) in [6.45, 7) is 0. The Kier molecular flexibility index (Phi) is 6.19.